The van der Waals surface area contributed by atoms with Gasteiger partial charge in [0.15, 0.2) is 0 Å². The van der Waals surface area contributed by atoms with Crippen molar-refractivity contribution in [3.05, 3.63) is 35.6 Å². The van der Waals surface area contributed by atoms with Crippen molar-refractivity contribution >= 4 is 0 Å². The van der Waals surface area contributed by atoms with Gasteiger partial charge in [0.1, 0.15) is 5.82 Å². The molecule has 1 saturated heterocycles. The van der Waals surface area contributed by atoms with E-state index in [-0.39, 0.29) is 11.9 Å². The molecule has 106 valence electrons. The zero-order valence-corrected chi connectivity index (χ0v) is 12.2. The van der Waals surface area contributed by atoms with Crippen molar-refractivity contribution in [3.63, 3.8) is 0 Å². The van der Waals surface area contributed by atoms with E-state index in [9.17, 15) is 4.39 Å². The van der Waals surface area contributed by atoms with E-state index < -0.39 is 0 Å². The Kier molecular flexibility index (Phi) is 4.94. The van der Waals surface area contributed by atoms with Gasteiger partial charge >= 0.3 is 0 Å². The maximum Gasteiger partial charge on any atom is 0.123 e. The van der Waals surface area contributed by atoms with Crippen LogP contribution in [0.25, 0.3) is 0 Å². The lowest BCUT2D eigenvalue weighted by molar-refractivity contribution is 0.185. The number of rotatable bonds is 4. The SMILES string of the molecule is CC(N[C@@H](C)c1cccc(F)c1)C1CCN(C)CC1. The van der Waals surface area contributed by atoms with Crippen LogP contribution in [-0.2, 0) is 0 Å². The monoisotopic (exact) mass is 264 g/mol. The molecule has 0 amide bonds. The summed E-state index contributed by atoms with van der Waals surface area (Å²) in [5.74, 6) is 0.574. The van der Waals surface area contributed by atoms with Crippen molar-refractivity contribution in [1.82, 2.24) is 10.2 Å². The van der Waals surface area contributed by atoms with E-state index in [0.717, 1.165) is 11.5 Å². The minimum Gasteiger partial charge on any atom is -0.307 e. The van der Waals surface area contributed by atoms with Gasteiger partial charge in [-0.2, -0.15) is 0 Å². The molecular weight excluding hydrogens is 239 g/mol. The number of benzene rings is 1. The number of halogens is 1. The van der Waals surface area contributed by atoms with E-state index in [2.05, 4.69) is 31.1 Å². The molecule has 0 spiro atoms. The van der Waals surface area contributed by atoms with Gasteiger partial charge in [0.2, 0.25) is 0 Å². The zero-order valence-electron chi connectivity index (χ0n) is 12.2. The third kappa shape index (κ3) is 4.02. The summed E-state index contributed by atoms with van der Waals surface area (Å²) >= 11 is 0. The number of nitrogens with one attached hydrogen (secondary N) is 1. The molecule has 1 aromatic rings. The summed E-state index contributed by atoms with van der Waals surface area (Å²) in [5, 5.41) is 3.62. The summed E-state index contributed by atoms with van der Waals surface area (Å²) in [4.78, 5) is 2.39. The lowest BCUT2D eigenvalue weighted by atomic mass is 9.90. The molecule has 3 heteroatoms. The minimum atomic E-state index is -0.155. The number of likely N-dealkylation sites (tertiary alicyclic amines) is 1. The molecular formula is C16H25FN2. The Balaban J connectivity index is 1.89. The van der Waals surface area contributed by atoms with Crippen LogP contribution in [0.5, 0.6) is 0 Å². The number of piperidine rings is 1. The Bertz CT molecular complexity index is 399. The van der Waals surface area contributed by atoms with E-state index in [0.29, 0.717) is 6.04 Å². The molecule has 1 fully saturated rings. The first-order valence-electron chi connectivity index (χ1n) is 7.26. The van der Waals surface area contributed by atoms with Gasteiger partial charge in [-0.25, -0.2) is 4.39 Å². The first-order chi connectivity index (χ1) is 9.06. The normalized spacial score (nSPS) is 21.3. The van der Waals surface area contributed by atoms with Gasteiger partial charge < -0.3 is 10.2 Å². The molecule has 1 unspecified atom stereocenters. The highest BCUT2D eigenvalue weighted by Gasteiger charge is 2.23. The topological polar surface area (TPSA) is 15.3 Å². The van der Waals surface area contributed by atoms with Crippen molar-refractivity contribution in [2.24, 2.45) is 5.92 Å². The smallest absolute Gasteiger partial charge is 0.123 e. The van der Waals surface area contributed by atoms with Crippen LogP contribution >= 0.6 is 0 Å². The first-order valence-corrected chi connectivity index (χ1v) is 7.26. The molecule has 1 N–H and O–H groups in total. The van der Waals surface area contributed by atoms with Crippen LogP contribution in [0.2, 0.25) is 0 Å². The molecule has 2 rings (SSSR count). The summed E-state index contributed by atoms with van der Waals surface area (Å²) in [5.41, 5.74) is 1.03. The second-order valence-corrected chi connectivity index (χ2v) is 5.87. The maximum absolute atomic E-state index is 13.2. The van der Waals surface area contributed by atoms with Crippen molar-refractivity contribution < 1.29 is 4.39 Å². The van der Waals surface area contributed by atoms with Crippen LogP contribution in [-0.4, -0.2) is 31.1 Å². The predicted molar refractivity (Wildman–Crippen MR) is 77.6 cm³/mol. The molecule has 2 atom stereocenters. The lowest BCUT2D eigenvalue weighted by Gasteiger charge is -2.34. The highest BCUT2D eigenvalue weighted by Crippen LogP contribution is 2.22. The summed E-state index contributed by atoms with van der Waals surface area (Å²) in [6.45, 7) is 6.74. The van der Waals surface area contributed by atoms with Gasteiger partial charge in [0, 0.05) is 12.1 Å². The van der Waals surface area contributed by atoms with Crippen LogP contribution in [0.1, 0.15) is 38.3 Å². The Hall–Kier alpha value is -0.930. The van der Waals surface area contributed by atoms with Gasteiger partial charge in [0.05, 0.1) is 0 Å². The highest BCUT2D eigenvalue weighted by molar-refractivity contribution is 5.19. The fourth-order valence-corrected chi connectivity index (χ4v) is 2.93. The second-order valence-electron chi connectivity index (χ2n) is 5.87. The molecule has 0 aromatic heterocycles. The standard InChI is InChI=1S/C16H25FN2/c1-12(14-7-9-19(3)10-8-14)18-13(2)15-5-4-6-16(17)11-15/h4-6,11-14,18H,7-10H2,1-3H3/t12?,13-/m0/s1. The van der Waals surface area contributed by atoms with Crippen molar-refractivity contribution in [1.29, 1.82) is 0 Å². The van der Waals surface area contributed by atoms with E-state index in [1.165, 1.54) is 32.0 Å². The lowest BCUT2D eigenvalue weighted by Crippen LogP contribution is -2.41. The van der Waals surface area contributed by atoms with Crippen LogP contribution < -0.4 is 5.32 Å². The molecule has 19 heavy (non-hydrogen) atoms. The Morgan fingerprint density at radius 2 is 1.95 bits per heavy atom. The third-order valence-electron chi connectivity index (χ3n) is 4.33. The molecule has 2 nitrogen and oxygen atoms in total. The van der Waals surface area contributed by atoms with Crippen molar-refractivity contribution in [3.8, 4) is 0 Å². The summed E-state index contributed by atoms with van der Waals surface area (Å²) in [6, 6.07) is 7.57. The van der Waals surface area contributed by atoms with Gasteiger partial charge in [-0.3, -0.25) is 0 Å². The van der Waals surface area contributed by atoms with Gasteiger partial charge in [-0.1, -0.05) is 12.1 Å². The summed E-state index contributed by atoms with van der Waals surface area (Å²) in [7, 11) is 2.18. The summed E-state index contributed by atoms with van der Waals surface area (Å²) < 4.78 is 13.2. The van der Waals surface area contributed by atoms with Gasteiger partial charge in [-0.15, -0.1) is 0 Å². The fraction of sp³-hybridized carbons (Fsp3) is 0.625. The summed E-state index contributed by atoms with van der Waals surface area (Å²) in [6.07, 6.45) is 2.50. The molecule has 1 aliphatic heterocycles. The minimum absolute atomic E-state index is 0.155. The van der Waals surface area contributed by atoms with Crippen molar-refractivity contribution in [2.75, 3.05) is 20.1 Å². The predicted octanol–water partition coefficient (Wildman–Crippen LogP) is 3.21. The third-order valence-corrected chi connectivity index (χ3v) is 4.33. The fourth-order valence-electron chi connectivity index (χ4n) is 2.93. The molecule has 1 aromatic carbocycles. The highest BCUT2D eigenvalue weighted by atomic mass is 19.1. The number of hydrogen-bond donors (Lipinski definition) is 1. The first kappa shape index (κ1) is 14.5. The van der Waals surface area contributed by atoms with Crippen LogP contribution in [0, 0.1) is 11.7 Å². The molecule has 0 bridgehead atoms. The van der Waals surface area contributed by atoms with Crippen LogP contribution in [0.4, 0.5) is 4.39 Å². The quantitative estimate of drug-likeness (QED) is 0.898. The van der Waals surface area contributed by atoms with E-state index in [1.807, 2.05) is 6.07 Å². The van der Waals surface area contributed by atoms with Crippen LogP contribution in [0.15, 0.2) is 24.3 Å². The maximum atomic E-state index is 13.2. The molecule has 0 saturated carbocycles. The van der Waals surface area contributed by atoms with E-state index in [4.69, 9.17) is 0 Å². The Morgan fingerprint density at radius 3 is 2.58 bits per heavy atom. The van der Waals surface area contributed by atoms with Gasteiger partial charge in [0.25, 0.3) is 0 Å². The largest absolute Gasteiger partial charge is 0.307 e. The Morgan fingerprint density at radius 1 is 1.26 bits per heavy atom. The molecule has 1 heterocycles. The zero-order chi connectivity index (χ0) is 13.8. The van der Waals surface area contributed by atoms with E-state index >= 15 is 0 Å². The molecule has 0 radical (unpaired) electrons. The molecule has 1 aliphatic rings. The average Bonchev–Trinajstić information content (AvgIpc) is 2.39. The van der Waals surface area contributed by atoms with Crippen molar-refractivity contribution in [2.45, 2.75) is 38.8 Å². The van der Waals surface area contributed by atoms with Gasteiger partial charge in [-0.05, 0) is 70.4 Å². The molecule has 0 aliphatic carbocycles. The average molecular weight is 264 g/mol. The Labute approximate surface area is 116 Å². The second kappa shape index (κ2) is 6.49. The number of hydrogen-bond acceptors (Lipinski definition) is 2. The van der Waals surface area contributed by atoms with Crippen LogP contribution in [0.3, 0.4) is 0 Å². The number of nitrogens with zero attached hydrogens (tertiary/aromatic N) is 1. The van der Waals surface area contributed by atoms with E-state index in [1.54, 1.807) is 12.1 Å².